The molecule has 2 N–H and O–H groups in total. The van der Waals surface area contributed by atoms with Crippen molar-refractivity contribution in [2.45, 2.75) is 26.3 Å². The van der Waals surface area contributed by atoms with E-state index in [0.29, 0.717) is 18.1 Å². The van der Waals surface area contributed by atoms with Crippen LogP contribution in [-0.4, -0.2) is 18.4 Å². The molecule has 2 aromatic rings. The van der Waals surface area contributed by atoms with Gasteiger partial charge in [-0.1, -0.05) is 13.3 Å². The van der Waals surface area contributed by atoms with E-state index in [-0.39, 0.29) is 6.54 Å². The third kappa shape index (κ3) is 5.50. The lowest BCUT2D eigenvalue weighted by molar-refractivity contribution is -0.136. The fourth-order valence-corrected chi connectivity index (χ4v) is 1.82. The number of hydrogen-bond acceptors (Lipinski definition) is 4. The molecule has 0 radical (unpaired) electrons. The Morgan fingerprint density at radius 1 is 1.13 bits per heavy atom. The SMILES string of the molecule is CCCCOc1ccc(NC(=O)C(=O)NCc2ccco2)cc1. The van der Waals surface area contributed by atoms with Crippen LogP contribution in [0, 0.1) is 0 Å². The summed E-state index contributed by atoms with van der Waals surface area (Å²) in [7, 11) is 0. The molecule has 1 aromatic heterocycles. The molecule has 6 heteroatoms. The zero-order chi connectivity index (χ0) is 16.5. The van der Waals surface area contributed by atoms with Crippen LogP contribution < -0.4 is 15.4 Å². The van der Waals surface area contributed by atoms with Crippen molar-refractivity contribution in [2.24, 2.45) is 0 Å². The van der Waals surface area contributed by atoms with Crippen LogP contribution in [0.1, 0.15) is 25.5 Å². The maximum atomic E-state index is 11.8. The van der Waals surface area contributed by atoms with Crippen LogP contribution in [0.2, 0.25) is 0 Å². The average molecular weight is 316 g/mol. The van der Waals surface area contributed by atoms with E-state index in [1.54, 1.807) is 36.4 Å². The summed E-state index contributed by atoms with van der Waals surface area (Å²) in [6.45, 7) is 2.93. The summed E-state index contributed by atoms with van der Waals surface area (Å²) in [6.07, 6.45) is 3.57. The highest BCUT2D eigenvalue weighted by atomic mass is 16.5. The van der Waals surface area contributed by atoms with Crippen LogP contribution in [0.5, 0.6) is 5.75 Å². The Labute approximate surface area is 134 Å². The van der Waals surface area contributed by atoms with Gasteiger partial charge in [0.1, 0.15) is 11.5 Å². The number of rotatable bonds is 7. The normalized spacial score (nSPS) is 10.1. The van der Waals surface area contributed by atoms with Gasteiger partial charge in [-0.25, -0.2) is 0 Å². The van der Waals surface area contributed by atoms with Gasteiger partial charge in [0, 0.05) is 5.69 Å². The van der Waals surface area contributed by atoms with E-state index in [4.69, 9.17) is 9.15 Å². The van der Waals surface area contributed by atoms with Crippen LogP contribution in [0.15, 0.2) is 47.1 Å². The van der Waals surface area contributed by atoms with E-state index in [2.05, 4.69) is 17.6 Å². The first-order valence-corrected chi connectivity index (χ1v) is 7.53. The first-order chi connectivity index (χ1) is 11.2. The predicted molar refractivity (Wildman–Crippen MR) is 86.0 cm³/mol. The van der Waals surface area contributed by atoms with Gasteiger partial charge < -0.3 is 19.8 Å². The molecule has 0 unspecified atom stereocenters. The molecular weight excluding hydrogens is 296 g/mol. The zero-order valence-electron chi connectivity index (χ0n) is 13.0. The van der Waals surface area contributed by atoms with Crippen molar-refractivity contribution >= 4 is 17.5 Å². The summed E-state index contributed by atoms with van der Waals surface area (Å²) >= 11 is 0. The summed E-state index contributed by atoms with van der Waals surface area (Å²) in [5.74, 6) is -0.126. The second-order valence-electron chi connectivity index (χ2n) is 4.94. The Balaban J connectivity index is 1.78. The minimum Gasteiger partial charge on any atom is -0.494 e. The van der Waals surface area contributed by atoms with Crippen molar-refractivity contribution in [3.05, 3.63) is 48.4 Å². The van der Waals surface area contributed by atoms with Gasteiger partial charge in [0.25, 0.3) is 0 Å². The summed E-state index contributed by atoms with van der Waals surface area (Å²) in [4.78, 5) is 23.5. The summed E-state index contributed by atoms with van der Waals surface area (Å²) in [5, 5.41) is 5.01. The maximum Gasteiger partial charge on any atom is 0.313 e. The van der Waals surface area contributed by atoms with Crippen molar-refractivity contribution in [1.29, 1.82) is 0 Å². The molecule has 0 saturated heterocycles. The standard InChI is InChI=1S/C17H20N2O4/c1-2-3-10-22-14-8-6-13(7-9-14)19-17(21)16(20)18-12-15-5-4-11-23-15/h4-9,11H,2-3,10,12H2,1H3,(H,18,20)(H,19,21). The molecule has 0 atom stereocenters. The average Bonchev–Trinajstić information content (AvgIpc) is 3.08. The second-order valence-corrected chi connectivity index (χ2v) is 4.94. The molecule has 122 valence electrons. The summed E-state index contributed by atoms with van der Waals surface area (Å²) in [5.41, 5.74) is 0.533. The highest BCUT2D eigenvalue weighted by molar-refractivity contribution is 6.39. The number of furan rings is 1. The topological polar surface area (TPSA) is 80.6 Å². The molecular formula is C17H20N2O4. The number of amides is 2. The molecule has 0 aliphatic rings. The van der Waals surface area contributed by atoms with Gasteiger partial charge in [0.05, 0.1) is 19.4 Å². The number of carbonyl (C=O) groups is 2. The summed E-state index contributed by atoms with van der Waals surface area (Å²) in [6, 6.07) is 10.3. The van der Waals surface area contributed by atoms with Crippen molar-refractivity contribution in [2.75, 3.05) is 11.9 Å². The van der Waals surface area contributed by atoms with Gasteiger partial charge in [-0.05, 0) is 42.8 Å². The van der Waals surface area contributed by atoms with E-state index >= 15 is 0 Å². The summed E-state index contributed by atoms with van der Waals surface area (Å²) < 4.78 is 10.6. The smallest absolute Gasteiger partial charge is 0.313 e. The van der Waals surface area contributed by atoms with E-state index < -0.39 is 11.8 Å². The zero-order valence-corrected chi connectivity index (χ0v) is 13.0. The monoisotopic (exact) mass is 316 g/mol. The van der Waals surface area contributed by atoms with Crippen molar-refractivity contribution in [1.82, 2.24) is 5.32 Å². The lowest BCUT2D eigenvalue weighted by atomic mass is 10.3. The van der Waals surface area contributed by atoms with Crippen molar-refractivity contribution in [3.63, 3.8) is 0 Å². The second kappa shape index (κ2) is 8.63. The first kappa shape index (κ1) is 16.6. The van der Waals surface area contributed by atoms with Gasteiger partial charge in [0.2, 0.25) is 0 Å². The third-order valence-electron chi connectivity index (χ3n) is 3.09. The van der Waals surface area contributed by atoms with Gasteiger partial charge in [-0.2, -0.15) is 0 Å². The molecule has 1 aromatic carbocycles. The van der Waals surface area contributed by atoms with Crippen LogP contribution in [0.4, 0.5) is 5.69 Å². The predicted octanol–water partition coefficient (Wildman–Crippen LogP) is 2.71. The Morgan fingerprint density at radius 3 is 2.57 bits per heavy atom. The van der Waals surface area contributed by atoms with E-state index in [9.17, 15) is 9.59 Å². The highest BCUT2D eigenvalue weighted by Gasteiger charge is 2.13. The van der Waals surface area contributed by atoms with Gasteiger partial charge in [-0.15, -0.1) is 0 Å². The number of benzene rings is 1. The maximum absolute atomic E-state index is 11.8. The third-order valence-corrected chi connectivity index (χ3v) is 3.09. The molecule has 0 aliphatic heterocycles. The number of hydrogen-bond donors (Lipinski definition) is 2. The Bertz CT molecular complexity index is 621. The Morgan fingerprint density at radius 2 is 1.91 bits per heavy atom. The highest BCUT2D eigenvalue weighted by Crippen LogP contribution is 2.16. The Kier molecular flexibility index (Phi) is 6.23. The molecule has 2 amide bonds. The fourth-order valence-electron chi connectivity index (χ4n) is 1.82. The van der Waals surface area contributed by atoms with Gasteiger partial charge in [0.15, 0.2) is 0 Å². The van der Waals surface area contributed by atoms with Gasteiger partial charge >= 0.3 is 11.8 Å². The van der Waals surface area contributed by atoms with Crippen LogP contribution in [-0.2, 0) is 16.1 Å². The molecule has 1 heterocycles. The van der Waals surface area contributed by atoms with Crippen LogP contribution in [0.25, 0.3) is 0 Å². The molecule has 0 fully saturated rings. The molecule has 0 aliphatic carbocycles. The minimum atomic E-state index is -0.726. The number of unbranched alkanes of at least 4 members (excludes halogenated alkanes) is 1. The molecule has 23 heavy (non-hydrogen) atoms. The number of carbonyl (C=O) groups excluding carboxylic acids is 2. The first-order valence-electron chi connectivity index (χ1n) is 7.53. The van der Waals surface area contributed by atoms with Crippen molar-refractivity contribution in [3.8, 4) is 5.75 Å². The largest absolute Gasteiger partial charge is 0.494 e. The van der Waals surface area contributed by atoms with E-state index in [0.717, 1.165) is 18.6 Å². The molecule has 0 bridgehead atoms. The molecule has 6 nitrogen and oxygen atoms in total. The van der Waals surface area contributed by atoms with Crippen LogP contribution >= 0.6 is 0 Å². The number of nitrogens with one attached hydrogen (secondary N) is 2. The minimum absolute atomic E-state index is 0.170. The van der Waals surface area contributed by atoms with E-state index in [1.807, 2.05) is 0 Å². The van der Waals surface area contributed by atoms with E-state index in [1.165, 1.54) is 6.26 Å². The van der Waals surface area contributed by atoms with Crippen LogP contribution in [0.3, 0.4) is 0 Å². The molecule has 0 spiro atoms. The van der Waals surface area contributed by atoms with Gasteiger partial charge in [-0.3, -0.25) is 9.59 Å². The fraction of sp³-hybridized carbons (Fsp3) is 0.294. The molecule has 0 saturated carbocycles. The quantitative estimate of drug-likeness (QED) is 0.608. The Hall–Kier alpha value is -2.76. The number of ether oxygens (including phenoxy) is 1. The lowest BCUT2D eigenvalue weighted by Gasteiger charge is -2.08. The van der Waals surface area contributed by atoms with Crippen molar-refractivity contribution < 1.29 is 18.7 Å². The number of anilines is 1. The lowest BCUT2D eigenvalue weighted by Crippen LogP contribution is -2.34. The molecule has 2 rings (SSSR count).